The highest BCUT2D eigenvalue weighted by Crippen LogP contribution is 1.83. The average molecular weight is 150 g/mol. The monoisotopic (exact) mass is 150 g/mol. The molecule has 5 heteroatoms. The zero-order valence-electron chi connectivity index (χ0n) is 5.05. The van der Waals surface area contributed by atoms with Crippen molar-refractivity contribution in [2.45, 2.75) is 6.42 Å². The number of ether oxygens (including phenoxy) is 1. The lowest BCUT2D eigenvalue weighted by atomic mass is 10.5. The van der Waals surface area contributed by atoms with E-state index in [1.807, 2.05) is 0 Å². The third-order valence-corrected chi connectivity index (χ3v) is 1.29. The van der Waals surface area contributed by atoms with Crippen LogP contribution >= 0.6 is 0 Å². The standard InChI is InChI=1S/C4H8NO3S/c1-8-4(6)2-3-9(5)7/h5H,2-3H2,1H3/q-1. The molecule has 0 radical (unpaired) electrons. The van der Waals surface area contributed by atoms with Crippen LogP contribution in [0.1, 0.15) is 6.42 Å². The van der Waals surface area contributed by atoms with E-state index in [1.54, 1.807) is 0 Å². The maximum atomic E-state index is 10.3. The van der Waals surface area contributed by atoms with Crippen molar-refractivity contribution in [2.75, 3.05) is 12.9 Å². The van der Waals surface area contributed by atoms with Gasteiger partial charge in [-0.15, -0.1) is 0 Å². The molecule has 0 aromatic heterocycles. The van der Waals surface area contributed by atoms with Gasteiger partial charge in [-0.3, -0.25) is 4.79 Å². The van der Waals surface area contributed by atoms with E-state index in [0.29, 0.717) is 0 Å². The SMILES string of the molecule is COC(=O)CC[S-](=N)=O. The highest BCUT2D eigenvalue weighted by molar-refractivity contribution is 7.73. The van der Waals surface area contributed by atoms with Crippen molar-refractivity contribution >= 4 is 16.6 Å². The number of methoxy groups -OCH3 is 1. The lowest BCUT2D eigenvalue weighted by Crippen LogP contribution is -2.02. The predicted octanol–water partition coefficient (Wildman–Crippen LogP) is 0.276. The molecular weight excluding hydrogens is 142 g/mol. The highest BCUT2D eigenvalue weighted by atomic mass is 32.2. The van der Waals surface area contributed by atoms with E-state index in [9.17, 15) is 9.00 Å². The average Bonchev–Trinajstić information content (AvgIpc) is 1.83. The van der Waals surface area contributed by atoms with Gasteiger partial charge in [-0.25, -0.2) is 0 Å². The summed E-state index contributed by atoms with van der Waals surface area (Å²) in [6, 6.07) is 0. The van der Waals surface area contributed by atoms with Gasteiger partial charge in [-0.05, 0) is 0 Å². The Bertz CT molecular complexity index is 155. The van der Waals surface area contributed by atoms with E-state index in [2.05, 4.69) is 4.74 Å². The third-order valence-electron chi connectivity index (χ3n) is 0.719. The van der Waals surface area contributed by atoms with Crippen LogP contribution in [0.2, 0.25) is 0 Å². The van der Waals surface area contributed by atoms with Gasteiger partial charge in [0.2, 0.25) is 0 Å². The molecule has 0 aliphatic rings. The number of hydrogen-bond donors (Lipinski definition) is 1. The maximum Gasteiger partial charge on any atom is 0.303 e. The summed E-state index contributed by atoms with van der Waals surface area (Å²) in [5.74, 6) is -0.359. The van der Waals surface area contributed by atoms with Crippen LogP contribution in [0.25, 0.3) is 0 Å². The van der Waals surface area contributed by atoms with Crippen LogP contribution in [0.5, 0.6) is 0 Å². The summed E-state index contributed by atoms with van der Waals surface area (Å²) < 4.78 is 20.8. The summed E-state index contributed by atoms with van der Waals surface area (Å²) in [5, 5.41) is 0. The van der Waals surface area contributed by atoms with Gasteiger partial charge in [0, 0.05) is 6.42 Å². The summed E-state index contributed by atoms with van der Waals surface area (Å²) in [5.41, 5.74) is 0. The first-order chi connectivity index (χ1) is 4.16. The Balaban J connectivity index is 3.39. The van der Waals surface area contributed by atoms with Crippen molar-refractivity contribution in [3.8, 4) is 0 Å². The quantitative estimate of drug-likeness (QED) is 0.464. The largest absolute Gasteiger partial charge is 0.469 e. The minimum absolute atomic E-state index is 0.0621. The van der Waals surface area contributed by atoms with E-state index in [1.165, 1.54) is 7.11 Å². The molecule has 0 aromatic carbocycles. The molecule has 0 fully saturated rings. The van der Waals surface area contributed by atoms with E-state index in [0.717, 1.165) is 0 Å². The first kappa shape index (κ1) is 8.42. The Morgan fingerprint density at radius 1 is 1.78 bits per heavy atom. The van der Waals surface area contributed by atoms with Crippen LogP contribution in [0.4, 0.5) is 0 Å². The smallest absolute Gasteiger partial charge is 0.303 e. The molecule has 0 aromatic rings. The van der Waals surface area contributed by atoms with Gasteiger partial charge in [0.1, 0.15) is 0 Å². The molecule has 0 heterocycles. The van der Waals surface area contributed by atoms with E-state index < -0.39 is 16.6 Å². The van der Waals surface area contributed by atoms with Crippen molar-refractivity contribution in [3.05, 3.63) is 0 Å². The van der Waals surface area contributed by atoms with E-state index in [4.69, 9.17) is 4.78 Å². The summed E-state index contributed by atoms with van der Waals surface area (Å²) in [4.78, 5) is 10.3. The molecule has 4 nitrogen and oxygen atoms in total. The minimum Gasteiger partial charge on any atom is -0.469 e. The Morgan fingerprint density at radius 2 is 2.33 bits per heavy atom. The fourth-order valence-corrected chi connectivity index (χ4v) is 0.630. The molecule has 9 heavy (non-hydrogen) atoms. The van der Waals surface area contributed by atoms with Crippen molar-refractivity contribution < 1.29 is 13.7 Å². The van der Waals surface area contributed by atoms with Crippen LogP contribution in [-0.4, -0.2) is 18.8 Å². The topological polar surface area (TPSA) is 67.2 Å². The fourth-order valence-electron chi connectivity index (χ4n) is 0.278. The van der Waals surface area contributed by atoms with Gasteiger partial charge < -0.3 is 13.7 Å². The molecule has 0 unspecified atom stereocenters. The van der Waals surface area contributed by atoms with Crippen LogP contribution < -0.4 is 0 Å². The molecule has 0 rings (SSSR count). The van der Waals surface area contributed by atoms with Crippen LogP contribution in [0.15, 0.2) is 0 Å². The molecule has 0 aliphatic heterocycles. The summed E-state index contributed by atoms with van der Waals surface area (Å²) in [6.07, 6.45) is 0.0621. The second-order valence-electron chi connectivity index (χ2n) is 1.38. The van der Waals surface area contributed by atoms with Crippen LogP contribution in [0, 0.1) is 4.78 Å². The number of rotatable bonds is 3. The lowest BCUT2D eigenvalue weighted by Gasteiger charge is -1.97. The number of carbonyl (C=O) groups is 1. The Labute approximate surface area is 55.2 Å². The Hall–Kier alpha value is -0.580. The van der Waals surface area contributed by atoms with Crippen LogP contribution in [-0.2, 0) is 24.3 Å². The van der Waals surface area contributed by atoms with Crippen LogP contribution in [0.3, 0.4) is 0 Å². The van der Waals surface area contributed by atoms with Gasteiger partial charge in [-0.1, -0.05) is 5.75 Å². The maximum absolute atomic E-state index is 10.3. The molecule has 0 bridgehead atoms. The molecule has 1 N–H and O–H groups in total. The summed E-state index contributed by atoms with van der Waals surface area (Å²) in [6.45, 7) is 0. The van der Waals surface area contributed by atoms with Gasteiger partial charge in [-0.2, -0.15) is 10.6 Å². The number of hydrogen-bond acceptors (Lipinski definition) is 5. The molecule has 0 atom stereocenters. The molecule has 0 aliphatic carbocycles. The molecule has 0 spiro atoms. The molecule has 0 saturated carbocycles. The number of nitrogens with one attached hydrogen (secondary N) is 1. The van der Waals surface area contributed by atoms with Crippen molar-refractivity contribution in [1.29, 1.82) is 4.78 Å². The molecule has 0 amide bonds. The first-order valence-corrected chi connectivity index (χ1v) is 3.65. The van der Waals surface area contributed by atoms with Crippen molar-refractivity contribution in [2.24, 2.45) is 0 Å². The van der Waals surface area contributed by atoms with Crippen molar-refractivity contribution in [3.63, 3.8) is 0 Å². The summed E-state index contributed by atoms with van der Waals surface area (Å²) in [7, 11) is -0.379. The molecule has 54 valence electrons. The van der Waals surface area contributed by atoms with Gasteiger partial charge >= 0.3 is 5.97 Å². The second kappa shape index (κ2) is 4.31. The molecular formula is C4H8NO3S-. The van der Waals surface area contributed by atoms with Gasteiger partial charge in [0.15, 0.2) is 0 Å². The predicted molar refractivity (Wildman–Crippen MR) is 32.3 cm³/mol. The first-order valence-electron chi connectivity index (χ1n) is 2.33. The Kier molecular flexibility index (Phi) is 4.04. The second-order valence-corrected chi connectivity index (χ2v) is 2.48. The fraction of sp³-hybridized carbons (Fsp3) is 0.750. The Morgan fingerprint density at radius 3 is 2.67 bits per heavy atom. The van der Waals surface area contributed by atoms with Gasteiger partial charge in [0.25, 0.3) is 0 Å². The molecule has 0 saturated heterocycles. The minimum atomic E-state index is -1.64. The van der Waals surface area contributed by atoms with E-state index in [-0.39, 0.29) is 12.2 Å². The lowest BCUT2D eigenvalue weighted by molar-refractivity contribution is -0.140. The van der Waals surface area contributed by atoms with E-state index >= 15 is 0 Å². The number of carbonyl (C=O) groups excluding carboxylic acids is 1. The highest BCUT2D eigenvalue weighted by Gasteiger charge is 1.92. The zero-order chi connectivity index (χ0) is 7.28. The normalized spacial score (nSPS) is 9.56. The number of esters is 1. The zero-order valence-corrected chi connectivity index (χ0v) is 5.86. The third kappa shape index (κ3) is 5.29. The summed E-state index contributed by atoms with van der Waals surface area (Å²) >= 11 is 0. The van der Waals surface area contributed by atoms with Gasteiger partial charge in [0.05, 0.1) is 7.11 Å². The van der Waals surface area contributed by atoms with Crippen molar-refractivity contribution in [1.82, 2.24) is 0 Å².